The molecular weight excluding hydrogens is 428 g/mol. The highest BCUT2D eigenvalue weighted by Crippen LogP contribution is 2.32. The molecule has 1 heterocycles. The normalized spacial score (nSPS) is 13.4. The Morgan fingerprint density at radius 2 is 1.81 bits per heavy atom. The van der Waals surface area contributed by atoms with Crippen molar-refractivity contribution in [2.45, 2.75) is 24.4 Å². The van der Waals surface area contributed by atoms with E-state index in [9.17, 15) is 18.0 Å². The molecule has 2 aromatic rings. The Kier molecular flexibility index (Phi) is 6.98. The number of rotatable bonds is 9. The monoisotopic (exact) mass is 450 g/mol. The molecule has 2 aromatic carbocycles. The zero-order valence-corrected chi connectivity index (χ0v) is 17.7. The van der Waals surface area contributed by atoms with Gasteiger partial charge >= 0.3 is 5.97 Å². The van der Waals surface area contributed by atoms with Gasteiger partial charge in [0, 0.05) is 6.54 Å². The van der Waals surface area contributed by atoms with Crippen LogP contribution in [0.4, 0.5) is 0 Å². The summed E-state index contributed by atoms with van der Waals surface area (Å²) in [7, 11) is -2.49. The summed E-state index contributed by atoms with van der Waals surface area (Å²) in [6.45, 7) is 1.14. The largest absolute Gasteiger partial charge is 0.497 e. The molecule has 3 rings (SSSR count). The summed E-state index contributed by atoms with van der Waals surface area (Å²) < 4.78 is 47.3. The minimum absolute atomic E-state index is 0.0329. The molecule has 2 N–H and O–H groups in total. The number of carbonyl (C=O) groups is 2. The van der Waals surface area contributed by atoms with Crippen molar-refractivity contribution in [2.75, 3.05) is 20.5 Å². The summed E-state index contributed by atoms with van der Waals surface area (Å²) in [6.07, 6.45) is 0. The maximum absolute atomic E-state index is 12.4. The van der Waals surface area contributed by atoms with Crippen molar-refractivity contribution in [3.05, 3.63) is 48.0 Å². The second-order valence-electron chi connectivity index (χ2n) is 6.59. The fraction of sp³-hybridized carbons (Fsp3) is 0.300. The Morgan fingerprint density at radius 3 is 2.52 bits per heavy atom. The van der Waals surface area contributed by atoms with E-state index in [2.05, 4.69) is 10.0 Å². The predicted molar refractivity (Wildman–Crippen MR) is 108 cm³/mol. The lowest BCUT2D eigenvalue weighted by molar-refractivity contribution is -0.149. The molecular formula is C20H22N2O8S. The molecule has 31 heavy (non-hydrogen) atoms. The maximum atomic E-state index is 12.4. The topological polar surface area (TPSA) is 129 Å². The number of sulfonamides is 1. The Labute approximate surface area is 179 Å². The zero-order chi connectivity index (χ0) is 22.4. The van der Waals surface area contributed by atoms with Crippen LogP contribution in [0.15, 0.2) is 47.4 Å². The van der Waals surface area contributed by atoms with E-state index in [1.165, 1.54) is 38.3 Å². The molecule has 0 fully saturated rings. The third-order valence-electron chi connectivity index (χ3n) is 4.33. The molecule has 0 bridgehead atoms. The van der Waals surface area contributed by atoms with Crippen molar-refractivity contribution in [3.63, 3.8) is 0 Å². The van der Waals surface area contributed by atoms with E-state index in [-0.39, 0.29) is 18.2 Å². The van der Waals surface area contributed by atoms with Crippen molar-refractivity contribution in [3.8, 4) is 17.2 Å². The quantitative estimate of drug-likeness (QED) is 0.540. The van der Waals surface area contributed by atoms with Gasteiger partial charge in [-0.3, -0.25) is 9.59 Å². The number of hydrogen-bond donors (Lipinski definition) is 2. The average molecular weight is 450 g/mol. The van der Waals surface area contributed by atoms with Crippen LogP contribution in [0.25, 0.3) is 0 Å². The van der Waals surface area contributed by atoms with Crippen LogP contribution >= 0.6 is 0 Å². The minimum Gasteiger partial charge on any atom is -0.497 e. The Morgan fingerprint density at radius 1 is 1.10 bits per heavy atom. The van der Waals surface area contributed by atoms with Gasteiger partial charge in [-0.2, -0.15) is 4.72 Å². The molecule has 0 saturated carbocycles. The molecule has 0 radical (unpaired) electrons. The molecule has 0 saturated heterocycles. The first-order valence-corrected chi connectivity index (χ1v) is 10.7. The van der Waals surface area contributed by atoms with Gasteiger partial charge in [-0.1, -0.05) is 6.07 Å². The number of esters is 1. The van der Waals surface area contributed by atoms with Crippen LogP contribution < -0.4 is 24.2 Å². The first-order chi connectivity index (χ1) is 14.8. The van der Waals surface area contributed by atoms with Crippen LogP contribution in [0.2, 0.25) is 0 Å². The molecule has 166 valence electrons. The molecule has 1 aliphatic rings. The van der Waals surface area contributed by atoms with Crippen molar-refractivity contribution in [1.29, 1.82) is 0 Å². The van der Waals surface area contributed by atoms with Gasteiger partial charge in [0.1, 0.15) is 11.8 Å². The predicted octanol–water partition coefficient (Wildman–Crippen LogP) is 0.950. The van der Waals surface area contributed by atoms with Crippen molar-refractivity contribution in [1.82, 2.24) is 10.0 Å². The standard InChI is InChI=1S/C20H22N2O8S/c1-13(22-31(25,26)16-6-4-15(27-2)5-7-16)20(24)28-11-19(23)21-10-14-3-8-17-18(9-14)30-12-29-17/h3-9,13,22H,10-12H2,1-2H3,(H,21,23). The van der Waals surface area contributed by atoms with Crippen LogP contribution in [0.1, 0.15) is 12.5 Å². The van der Waals surface area contributed by atoms with Gasteiger partial charge in [-0.05, 0) is 48.9 Å². The highest BCUT2D eigenvalue weighted by Gasteiger charge is 2.24. The number of fused-ring (bicyclic) bond motifs is 1. The second kappa shape index (κ2) is 9.67. The lowest BCUT2D eigenvalue weighted by atomic mass is 10.2. The van der Waals surface area contributed by atoms with E-state index in [0.717, 1.165) is 5.56 Å². The molecule has 1 aliphatic heterocycles. The van der Waals surface area contributed by atoms with E-state index < -0.39 is 34.5 Å². The fourth-order valence-corrected chi connectivity index (χ4v) is 3.86. The number of ether oxygens (including phenoxy) is 4. The van der Waals surface area contributed by atoms with Gasteiger partial charge < -0.3 is 24.3 Å². The number of benzene rings is 2. The van der Waals surface area contributed by atoms with E-state index in [1.807, 2.05) is 0 Å². The van der Waals surface area contributed by atoms with Gasteiger partial charge in [0.25, 0.3) is 5.91 Å². The number of hydrogen-bond acceptors (Lipinski definition) is 8. The van der Waals surface area contributed by atoms with Crippen LogP contribution in [0.5, 0.6) is 17.2 Å². The van der Waals surface area contributed by atoms with Gasteiger partial charge in [0.15, 0.2) is 18.1 Å². The zero-order valence-electron chi connectivity index (χ0n) is 16.9. The molecule has 1 atom stereocenters. The average Bonchev–Trinajstić information content (AvgIpc) is 3.23. The SMILES string of the molecule is COc1ccc(S(=O)(=O)NC(C)C(=O)OCC(=O)NCc2ccc3c(c2)OCO3)cc1. The van der Waals surface area contributed by atoms with Gasteiger partial charge in [0.2, 0.25) is 16.8 Å². The van der Waals surface area contributed by atoms with Crippen LogP contribution in [-0.2, 0) is 30.9 Å². The molecule has 1 amide bonds. The van der Waals surface area contributed by atoms with Crippen molar-refractivity contribution >= 4 is 21.9 Å². The van der Waals surface area contributed by atoms with E-state index in [0.29, 0.717) is 17.2 Å². The summed E-state index contributed by atoms with van der Waals surface area (Å²) in [4.78, 5) is 24.0. The van der Waals surface area contributed by atoms with Crippen LogP contribution in [0, 0.1) is 0 Å². The molecule has 1 unspecified atom stereocenters. The molecule has 0 aromatic heterocycles. The summed E-state index contributed by atoms with van der Waals surface area (Å²) in [5, 5.41) is 2.61. The third-order valence-corrected chi connectivity index (χ3v) is 5.88. The van der Waals surface area contributed by atoms with Crippen LogP contribution in [-0.4, -0.2) is 46.8 Å². The molecule has 0 spiro atoms. The summed E-state index contributed by atoms with van der Waals surface area (Å²) in [5.41, 5.74) is 0.782. The summed E-state index contributed by atoms with van der Waals surface area (Å²) in [5.74, 6) is 0.316. The number of carbonyl (C=O) groups excluding carboxylic acids is 2. The van der Waals surface area contributed by atoms with Gasteiger partial charge in [0.05, 0.1) is 12.0 Å². The number of nitrogens with one attached hydrogen (secondary N) is 2. The van der Waals surface area contributed by atoms with Gasteiger partial charge in [-0.25, -0.2) is 8.42 Å². The summed E-state index contributed by atoms with van der Waals surface area (Å²) >= 11 is 0. The third kappa shape index (κ3) is 5.86. The Hall–Kier alpha value is -3.31. The minimum atomic E-state index is -3.95. The first-order valence-electron chi connectivity index (χ1n) is 9.27. The smallest absolute Gasteiger partial charge is 0.324 e. The van der Waals surface area contributed by atoms with Crippen molar-refractivity contribution < 1.29 is 37.0 Å². The second-order valence-corrected chi connectivity index (χ2v) is 8.30. The Balaban J connectivity index is 1.45. The molecule has 10 nitrogen and oxygen atoms in total. The number of amides is 1. The summed E-state index contributed by atoms with van der Waals surface area (Å²) in [6, 6.07) is 9.74. The highest BCUT2D eigenvalue weighted by molar-refractivity contribution is 7.89. The lowest BCUT2D eigenvalue weighted by Crippen LogP contribution is -2.40. The highest BCUT2D eigenvalue weighted by atomic mass is 32.2. The Bertz CT molecular complexity index is 1050. The lowest BCUT2D eigenvalue weighted by Gasteiger charge is -2.14. The fourth-order valence-electron chi connectivity index (χ4n) is 2.67. The van der Waals surface area contributed by atoms with E-state index >= 15 is 0 Å². The van der Waals surface area contributed by atoms with Gasteiger partial charge in [-0.15, -0.1) is 0 Å². The maximum Gasteiger partial charge on any atom is 0.324 e. The first kappa shape index (κ1) is 22.4. The molecule has 11 heteroatoms. The molecule has 0 aliphatic carbocycles. The number of methoxy groups -OCH3 is 1. The van der Waals surface area contributed by atoms with Crippen molar-refractivity contribution in [2.24, 2.45) is 0 Å². The van der Waals surface area contributed by atoms with Crippen LogP contribution in [0.3, 0.4) is 0 Å². The van der Waals surface area contributed by atoms with E-state index in [1.54, 1.807) is 18.2 Å². The van der Waals surface area contributed by atoms with E-state index in [4.69, 9.17) is 18.9 Å².